The lowest BCUT2D eigenvalue weighted by atomic mass is 9.88. The fourth-order valence-electron chi connectivity index (χ4n) is 3.46. The van der Waals surface area contributed by atoms with Crippen LogP contribution in [0.25, 0.3) is 0 Å². The summed E-state index contributed by atoms with van der Waals surface area (Å²) in [5, 5.41) is 13.8. The Morgan fingerprint density at radius 1 is 1.19 bits per heavy atom. The fraction of sp³-hybridized carbons (Fsp3) is 0.364. The molecule has 26 heavy (non-hydrogen) atoms. The van der Waals surface area contributed by atoms with Crippen LogP contribution in [0.4, 0.5) is 0 Å². The Bertz CT molecular complexity index is 704. The van der Waals surface area contributed by atoms with Gasteiger partial charge in [0.25, 0.3) is 0 Å². The largest absolute Gasteiger partial charge is 0.491 e. The normalized spacial score (nSPS) is 16.9. The molecular weight excluding hydrogens is 346 g/mol. The van der Waals surface area contributed by atoms with Gasteiger partial charge in [0.1, 0.15) is 18.5 Å². The van der Waals surface area contributed by atoms with E-state index < -0.39 is 6.10 Å². The number of halogens is 1. The van der Waals surface area contributed by atoms with E-state index in [2.05, 4.69) is 36.2 Å². The molecule has 0 aromatic heterocycles. The first-order chi connectivity index (χ1) is 12.3. The maximum Gasteiger partial charge on any atom is 0.122 e. The number of benzene rings is 2. The molecule has 2 aromatic carbocycles. The number of para-hydroxylation sites is 1. The zero-order chi connectivity index (χ0) is 17.5. The van der Waals surface area contributed by atoms with Gasteiger partial charge in [-0.25, -0.2) is 0 Å². The summed E-state index contributed by atoms with van der Waals surface area (Å²) < 4.78 is 5.82. The van der Waals surface area contributed by atoms with Gasteiger partial charge in [0.2, 0.25) is 0 Å². The third kappa shape index (κ3) is 5.34. The van der Waals surface area contributed by atoms with Gasteiger partial charge in [-0.2, -0.15) is 0 Å². The molecule has 0 spiro atoms. The van der Waals surface area contributed by atoms with Gasteiger partial charge < -0.3 is 15.2 Å². The molecule has 0 saturated heterocycles. The minimum absolute atomic E-state index is 0. The minimum Gasteiger partial charge on any atom is -0.491 e. The monoisotopic (exact) mass is 373 g/mol. The van der Waals surface area contributed by atoms with E-state index in [9.17, 15) is 5.11 Å². The van der Waals surface area contributed by atoms with E-state index >= 15 is 0 Å². The van der Waals surface area contributed by atoms with Crippen LogP contribution in [0, 0.1) is 0 Å². The van der Waals surface area contributed by atoms with Crippen molar-refractivity contribution in [2.75, 3.05) is 13.2 Å². The Morgan fingerprint density at radius 2 is 1.96 bits per heavy atom. The lowest BCUT2D eigenvalue weighted by molar-refractivity contribution is 0.102. The maximum absolute atomic E-state index is 10.3. The molecule has 0 saturated carbocycles. The number of aryl methyl sites for hydroxylation is 1. The molecule has 1 aliphatic carbocycles. The number of hydrogen-bond donors (Lipinski definition) is 2. The predicted octanol–water partition coefficient (Wildman–Crippen LogP) is 4.24. The topological polar surface area (TPSA) is 41.5 Å². The highest BCUT2D eigenvalue weighted by atomic mass is 35.5. The van der Waals surface area contributed by atoms with E-state index in [0.29, 0.717) is 12.6 Å². The Balaban J connectivity index is 0.00000243. The SMILES string of the molecule is C=CCc1ccccc1OCC(O)CNC1CCCc2ccccc21.Cl. The lowest BCUT2D eigenvalue weighted by Crippen LogP contribution is -2.35. The smallest absolute Gasteiger partial charge is 0.122 e. The van der Waals surface area contributed by atoms with Crippen LogP contribution in [0.3, 0.4) is 0 Å². The van der Waals surface area contributed by atoms with Gasteiger partial charge >= 0.3 is 0 Å². The predicted molar refractivity (Wildman–Crippen MR) is 109 cm³/mol. The van der Waals surface area contributed by atoms with Crippen molar-refractivity contribution in [3.8, 4) is 5.75 Å². The number of nitrogens with one attached hydrogen (secondary N) is 1. The maximum atomic E-state index is 10.3. The molecule has 0 heterocycles. The summed E-state index contributed by atoms with van der Waals surface area (Å²) in [7, 11) is 0. The number of hydrogen-bond acceptors (Lipinski definition) is 3. The van der Waals surface area contributed by atoms with Crippen molar-refractivity contribution >= 4 is 12.4 Å². The quantitative estimate of drug-likeness (QED) is 0.680. The molecule has 0 radical (unpaired) electrons. The summed E-state index contributed by atoms with van der Waals surface area (Å²) in [6, 6.07) is 16.8. The molecule has 140 valence electrons. The van der Waals surface area contributed by atoms with Crippen molar-refractivity contribution in [2.45, 2.75) is 37.8 Å². The van der Waals surface area contributed by atoms with Crippen LogP contribution >= 0.6 is 12.4 Å². The van der Waals surface area contributed by atoms with Crippen LogP contribution < -0.4 is 10.1 Å². The zero-order valence-corrected chi connectivity index (χ0v) is 15.9. The summed E-state index contributed by atoms with van der Waals surface area (Å²) in [5.41, 5.74) is 3.90. The molecule has 2 aromatic rings. The second-order valence-electron chi connectivity index (χ2n) is 6.62. The molecule has 3 nitrogen and oxygen atoms in total. The van der Waals surface area contributed by atoms with E-state index in [4.69, 9.17) is 4.74 Å². The van der Waals surface area contributed by atoms with Gasteiger partial charge in [0.05, 0.1) is 0 Å². The van der Waals surface area contributed by atoms with E-state index in [0.717, 1.165) is 30.6 Å². The first-order valence-electron chi connectivity index (χ1n) is 9.08. The Hall–Kier alpha value is -1.81. The fourth-order valence-corrected chi connectivity index (χ4v) is 3.46. The van der Waals surface area contributed by atoms with Gasteiger partial charge in [-0.3, -0.25) is 0 Å². The van der Waals surface area contributed by atoms with Crippen molar-refractivity contribution in [3.05, 3.63) is 77.9 Å². The zero-order valence-electron chi connectivity index (χ0n) is 15.1. The molecule has 0 fully saturated rings. The first kappa shape index (κ1) is 20.5. The molecule has 0 aliphatic heterocycles. The van der Waals surface area contributed by atoms with Crippen LogP contribution in [-0.2, 0) is 12.8 Å². The summed E-state index contributed by atoms with van der Waals surface area (Å²) in [4.78, 5) is 0. The molecule has 2 unspecified atom stereocenters. The molecule has 0 bridgehead atoms. The van der Waals surface area contributed by atoms with Gasteiger partial charge in [-0.05, 0) is 48.4 Å². The summed E-state index contributed by atoms with van der Waals surface area (Å²) in [6.07, 6.45) is 5.55. The highest BCUT2D eigenvalue weighted by Gasteiger charge is 2.20. The van der Waals surface area contributed by atoms with Crippen LogP contribution in [0.15, 0.2) is 61.2 Å². The Labute approximate surface area is 162 Å². The molecule has 3 rings (SSSR count). The molecule has 2 N–H and O–H groups in total. The van der Waals surface area contributed by atoms with Crippen LogP contribution in [-0.4, -0.2) is 24.4 Å². The molecule has 0 amide bonds. The van der Waals surface area contributed by atoms with Gasteiger partial charge in [0.15, 0.2) is 0 Å². The summed E-state index contributed by atoms with van der Waals surface area (Å²) in [6.45, 7) is 4.59. The van der Waals surface area contributed by atoms with E-state index in [1.165, 1.54) is 17.5 Å². The first-order valence-corrected chi connectivity index (χ1v) is 9.08. The highest BCUT2D eigenvalue weighted by Crippen LogP contribution is 2.29. The van der Waals surface area contributed by atoms with Crippen LogP contribution in [0.1, 0.15) is 35.6 Å². The van der Waals surface area contributed by atoms with Crippen molar-refractivity contribution in [3.63, 3.8) is 0 Å². The number of allylic oxidation sites excluding steroid dienone is 1. The number of ether oxygens (including phenoxy) is 1. The van der Waals surface area contributed by atoms with Crippen LogP contribution in [0.2, 0.25) is 0 Å². The highest BCUT2D eigenvalue weighted by molar-refractivity contribution is 5.85. The molecule has 1 aliphatic rings. The van der Waals surface area contributed by atoms with Gasteiger partial charge in [-0.1, -0.05) is 48.5 Å². The van der Waals surface area contributed by atoms with Gasteiger partial charge in [-0.15, -0.1) is 19.0 Å². The molecule has 2 atom stereocenters. The molecule has 4 heteroatoms. The summed E-state index contributed by atoms with van der Waals surface area (Å²) >= 11 is 0. The number of aliphatic hydroxyl groups excluding tert-OH is 1. The van der Waals surface area contributed by atoms with Crippen molar-refractivity contribution in [2.24, 2.45) is 0 Å². The third-order valence-corrected chi connectivity index (χ3v) is 4.74. The standard InChI is InChI=1S/C22H27NO2.ClH/c1-2-8-18-10-4-6-14-22(18)25-16-19(24)15-23-21-13-7-11-17-9-3-5-12-20(17)21;/h2-6,9-10,12,14,19,21,23-24H,1,7-8,11,13,15-16H2;1H. The third-order valence-electron chi connectivity index (χ3n) is 4.74. The average molecular weight is 374 g/mol. The number of rotatable bonds is 8. The van der Waals surface area contributed by atoms with Gasteiger partial charge in [0, 0.05) is 12.6 Å². The second-order valence-corrected chi connectivity index (χ2v) is 6.62. The van der Waals surface area contributed by atoms with Crippen molar-refractivity contribution in [1.29, 1.82) is 0 Å². The van der Waals surface area contributed by atoms with Crippen molar-refractivity contribution in [1.82, 2.24) is 5.32 Å². The Morgan fingerprint density at radius 3 is 2.81 bits per heavy atom. The van der Waals surface area contributed by atoms with E-state index in [1.54, 1.807) is 0 Å². The number of aliphatic hydroxyl groups is 1. The van der Waals surface area contributed by atoms with E-state index in [-0.39, 0.29) is 19.0 Å². The molecular formula is C22H28ClNO2. The number of fused-ring (bicyclic) bond motifs is 1. The average Bonchev–Trinajstić information content (AvgIpc) is 2.66. The summed E-state index contributed by atoms with van der Waals surface area (Å²) in [5.74, 6) is 0.824. The Kier molecular flexibility index (Phi) is 8.17. The van der Waals surface area contributed by atoms with Crippen molar-refractivity contribution < 1.29 is 9.84 Å². The van der Waals surface area contributed by atoms with Crippen LogP contribution in [0.5, 0.6) is 5.75 Å². The second kappa shape index (κ2) is 10.4. The lowest BCUT2D eigenvalue weighted by Gasteiger charge is -2.27. The van der Waals surface area contributed by atoms with E-state index in [1.807, 2.05) is 30.3 Å². The minimum atomic E-state index is -0.536.